The van der Waals surface area contributed by atoms with Crippen LogP contribution in [0.15, 0.2) is 35.2 Å². The van der Waals surface area contributed by atoms with Crippen LogP contribution >= 0.6 is 0 Å². The standard InChI is InChI=1S/C10H7NO4S.Na/c12-10(13)8-4-2-6-1-3-7(16(14)15)5-9(6)11-8;/h1-5H,(H,12,13)(H,14,15);/q;+1/p-2. The monoisotopic (exact) mass is 258 g/mol. The molecule has 0 aliphatic rings. The van der Waals surface area contributed by atoms with Crippen LogP contribution in [-0.2, 0) is 11.1 Å². The van der Waals surface area contributed by atoms with Gasteiger partial charge in [0.15, 0.2) is 0 Å². The summed E-state index contributed by atoms with van der Waals surface area (Å²) in [6, 6.07) is 7.15. The molecule has 0 amide bonds. The van der Waals surface area contributed by atoms with E-state index >= 15 is 0 Å². The number of aromatic carboxylic acids is 1. The van der Waals surface area contributed by atoms with Gasteiger partial charge in [-0.1, -0.05) is 12.1 Å². The van der Waals surface area contributed by atoms with Crippen LogP contribution in [0, 0.1) is 0 Å². The molecule has 1 aromatic carbocycles. The van der Waals surface area contributed by atoms with Crippen molar-refractivity contribution in [3.63, 3.8) is 0 Å². The fraction of sp³-hybridized carbons (Fsp3) is 0. The van der Waals surface area contributed by atoms with Gasteiger partial charge < -0.3 is 14.5 Å². The van der Waals surface area contributed by atoms with E-state index in [2.05, 4.69) is 4.98 Å². The van der Waals surface area contributed by atoms with Gasteiger partial charge in [-0.3, -0.25) is 4.21 Å². The number of carbonyl (C=O) groups excluding carboxylic acids is 1. The van der Waals surface area contributed by atoms with Gasteiger partial charge >= 0.3 is 29.6 Å². The summed E-state index contributed by atoms with van der Waals surface area (Å²) < 4.78 is 21.4. The minimum absolute atomic E-state index is 0. The zero-order valence-electron chi connectivity index (χ0n) is 8.88. The summed E-state index contributed by atoms with van der Waals surface area (Å²) in [5.41, 5.74) is 0.0877. The van der Waals surface area contributed by atoms with Crippen LogP contribution in [0.25, 0.3) is 10.9 Å². The van der Waals surface area contributed by atoms with Crippen LogP contribution < -0.4 is 34.7 Å². The summed E-state index contributed by atoms with van der Waals surface area (Å²) in [6.07, 6.45) is 0. The number of carbonyl (C=O) groups is 1. The molecule has 0 bridgehead atoms. The van der Waals surface area contributed by atoms with Gasteiger partial charge in [-0.2, -0.15) is 0 Å². The number of nitrogens with zero attached hydrogens (tertiary/aromatic N) is 1. The zero-order chi connectivity index (χ0) is 11.7. The van der Waals surface area contributed by atoms with E-state index in [0.29, 0.717) is 10.9 Å². The molecule has 7 heteroatoms. The predicted molar refractivity (Wildman–Crippen MR) is 53.3 cm³/mol. The maximum atomic E-state index is 10.7. The summed E-state index contributed by atoms with van der Waals surface area (Å²) in [6.45, 7) is 0. The molecule has 5 nitrogen and oxygen atoms in total. The largest absolute Gasteiger partial charge is 1.00 e. The first-order chi connectivity index (χ1) is 7.58. The summed E-state index contributed by atoms with van der Waals surface area (Å²) in [4.78, 5) is 14.4. The quantitative estimate of drug-likeness (QED) is 0.419. The fourth-order valence-electron chi connectivity index (χ4n) is 1.31. The van der Waals surface area contributed by atoms with Crippen LogP contribution in [0.4, 0.5) is 0 Å². The molecule has 0 spiro atoms. The van der Waals surface area contributed by atoms with Crippen molar-refractivity contribution in [1.29, 1.82) is 0 Å². The molecular weight excluding hydrogens is 253 g/mol. The van der Waals surface area contributed by atoms with Gasteiger partial charge in [0.1, 0.15) is 0 Å². The Morgan fingerprint density at radius 2 is 1.88 bits per heavy atom. The summed E-state index contributed by atoms with van der Waals surface area (Å²) >= 11 is -2.36. The smallest absolute Gasteiger partial charge is 0.768 e. The number of pyridine rings is 1. The first kappa shape index (κ1) is 14.3. The van der Waals surface area contributed by atoms with Crippen molar-refractivity contribution < 1.29 is 48.2 Å². The van der Waals surface area contributed by atoms with Gasteiger partial charge in [-0.15, -0.1) is 0 Å². The van der Waals surface area contributed by atoms with Crippen molar-refractivity contribution in [3.05, 3.63) is 36.0 Å². The average molecular weight is 258 g/mol. The van der Waals surface area contributed by atoms with Gasteiger partial charge in [0, 0.05) is 10.3 Å². The Hall–Kier alpha value is -0.790. The summed E-state index contributed by atoms with van der Waals surface area (Å²) in [5.74, 6) is -1.39. The molecule has 1 atom stereocenters. The van der Waals surface area contributed by atoms with E-state index in [-0.39, 0.29) is 40.1 Å². The van der Waals surface area contributed by atoms with E-state index in [9.17, 15) is 18.7 Å². The molecule has 0 aliphatic carbocycles. The Labute approximate surface area is 121 Å². The van der Waals surface area contributed by atoms with Crippen molar-refractivity contribution in [1.82, 2.24) is 4.98 Å². The van der Waals surface area contributed by atoms with Gasteiger partial charge in [-0.05, 0) is 29.3 Å². The maximum absolute atomic E-state index is 10.7. The number of benzene rings is 1. The minimum atomic E-state index is -2.36. The number of carboxylic acids is 1. The summed E-state index contributed by atoms with van der Waals surface area (Å²) in [7, 11) is 0. The zero-order valence-corrected chi connectivity index (χ0v) is 11.7. The number of rotatable bonds is 2. The molecule has 0 aliphatic heterocycles. The van der Waals surface area contributed by atoms with E-state index in [1.807, 2.05) is 0 Å². The van der Waals surface area contributed by atoms with Gasteiger partial charge in [0.2, 0.25) is 0 Å². The molecule has 1 unspecified atom stereocenters. The molecule has 0 fully saturated rings. The van der Waals surface area contributed by atoms with Crippen molar-refractivity contribution in [2.24, 2.45) is 0 Å². The number of hydrogen-bond acceptors (Lipinski definition) is 5. The molecule has 82 valence electrons. The van der Waals surface area contributed by atoms with E-state index in [1.54, 1.807) is 12.1 Å². The van der Waals surface area contributed by atoms with Crippen LogP contribution in [0.2, 0.25) is 0 Å². The summed E-state index contributed by atoms with van der Waals surface area (Å²) in [5, 5.41) is 11.2. The van der Waals surface area contributed by atoms with Crippen LogP contribution in [0.5, 0.6) is 0 Å². The Morgan fingerprint density at radius 3 is 2.47 bits per heavy atom. The minimum Gasteiger partial charge on any atom is -0.768 e. The van der Waals surface area contributed by atoms with E-state index < -0.39 is 17.0 Å². The second-order valence-corrected chi connectivity index (χ2v) is 4.01. The molecule has 0 N–H and O–H groups in total. The van der Waals surface area contributed by atoms with Crippen molar-refractivity contribution in [2.45, 2.75) is 4.90 Å². The second-order valence-electron chi connectivity index (χ2n) is 3.07. The predicted octanol–water partition coefficient (Wildman–Crippen LogP) is -3.16. The van der Waals surface area contributed by atoms with Crippen molar-refractivity contribution in [3.8, 4) is 0 Å². The second kappa shape index (κ2) is 5.70. The molecule has 1 heterocycles. The van der Waals surface area contributed by atoms with Crippen LogP contribution in [0.3, 0.4) is 0 Å². The van der Waals surface area contributed by atoms with E-state index in [4.69, 9.17) is 0 Å². The molecular formula is C10H5NNaO4S-. The molecule has 1 aromatic heterocycles. The Kier molecular flexibility index (Phi) is 4.79. The molecule has 0 saturated carbocycles. The molecule has 0 radical (unpaired) electrons. The Bertz CT molecular complexity index is 553. The number of aromatic nitrogens is 1. The first-order valence-electron chi connectivity index (χ1n) is 4.29. The average Bonchev–Trinajstić information content (AvgIpc) is 2.27. The van der Waals surface area contributed by atoms with Crippen molar-refractivity contribution >= 4 is 28.0 Å². The third-order valence-electron chi connectivity index (χ3n) is 2.07. The van der Waals surface area contributed by atoms with Crippen molar-refractivity contribution in [2.75, 3.05) is 0 Å². The van der Waals surface area contributed by atoms with Crippen LogP contribution in [0.1, 0.15) is 10.5 Å². The van der Waals surface area contributed by atoms with Gasteiger partial charge in [-0.25, -0.2) is 4.98 Å². The van der Waals surface area contributed by atoms with Gasteiger partial charge in [0.25, 0.3) is 0 Å². The molecule has 2 aromatic rings. The number of hydrogen-bond donors (Lipinski definition) is 0. The normalized spacial score (nSPS) is 11.8. The first-order valence-corrected chi connectivity index (χ1v) is 5.37. The number of carboxylic acid groups (broad SMARTS) is 1. The maximum Gasteiger partial charge on any atom is 1.00 e. The molecule has 0 saturated heterocycles. The van der Waals surface area contributed by atoms with E-state index in [1.165, 1.54) is 18.2 Å². The number of fused-ring (bicyclic) bond motifs is 1. The van der Waals surface area contributed by atoms with Gasteiger partial charge in [0.05, 0.1) is 17.2 Å². The molecule has 2 rings (SSSR count). The third kappa shape index (κ3) is 3.11. The third-order valence-corrected chi connectivity index (χ3v) is 2.70. The topological polar surface area (TPSA) is 93.1 Å². The van der Waals surface area contributed by atoms with E-state index in [0.717, 1.165) is 0 Å². The fourth-order valence-corrected chi connectivity index (χ4v) is 1.70. The van der Waals surface area contributed by atoms with Crippen LogP contribution in [-0.4, -0.2) is 19.7 Å². The SMILES string of the molecule is O=C([O-])c1ccc2ccc(S(=O)[O-])cc2n1.[Na+]. The Morgan fingerprint density at radius 1 is 1.24 bits per heavy atom. The Balaban J connectivity index is 0.00000144. The molecule has 17 heavy (non-hydrogen) atoms.